The van der Waals surface area contributed by atoms with Crippen molar-refractivity contribution in [2.75, 3.05) is 40.4 Å². The molecule has 0 fully saturated rings. The number of hydrogen-bond donors (Lipinski definition) is 1. The van der Waals surface area contributed by atoms with Gasteiger partial charge in [-0.1, -0.05) is 32.0 Å². The smallest absolute Gasteiger partial charge is 0.290 e. The van der Waals surface area contributed by atoms with Crippen LogP contribution >= 0.6 is 0 Å². The maximum absolute atomic E-state index is 13.7. The minimum Gasteiger partial charge on any atom is -0.503 e. The fourth-order valence-electron chi connectivity index (χ4n) is 4.51. The van der Waals surface area contributed by atoms with Gasteiger partial charge in [0.25, 0.3) is 5.91 Å². The molecule has 2 heterocycles. The summed E-state index contributed by atoms with van der Waals surface area (Å²) in [5.74, 6) is -0.665. The van der Waals surface area contributed by atoms with Crippen molar-refractivity contribution >= 4 is 22.7 Å². The van der Waals surface area contributed by atoms with E-state index in [-0.39, 0.29) is 11.3 Å². The van der Waals surface area contributed by atoms with Crippen LogP contribution in [-0.2, 0) is 4.79 Å². The van der Waals surface area contributed by atoms with Gasteiger partial charge in [0.1, 0.15) is 17.1 Å². The first kappa shape index (κ1) is 24.3. The number of para-hydroxylation sites is 1. The standard InChI is InChI=1S/C27H30N2O6/c1-5-28(6-2)13-14-29-24(19-16-18(33-3)11-12-21(19)34-4)23(26(31)27(29)32)25(30)22-15-17-9-7-8-10-20(17)35-22/h7-12,15-16,24,31H,5-6,13-14H2,1-4H3/t24-/m0/s1. The van der Waals surface area contributed by atoms with E-state index in [4.69, 9.17) is 13.9 Å². The lowest BCUT2D eigenvalue weighted by molar-refractivity contribution is -0.129. The second-order valence-corrected chi connectivity index (χ2v) is 8.28. The number of methoxy groups -OCH3 is 2. The minimum absolute atomic E-state index is 0.0415. The van der Waals surface area contributed by atoms with E-state index >= 15 is 0 Å². The Hall–Kier alpha value is -3.78. The van der Waals surface area contributed by atoms with Gasteiger partial charge in [0.2, 0.25) is 5.78 Å². The van der Waals surface area contributed by atoms with E-state index in [0.717, 1.165) is 18.5 Å². The van der Waals surface area contributed by atoms with Gasteiger partial charge in [-0.05, 0) is 43.4 Å². The number of furan rings is 1. The van der Waals surface area contributed by atoms with Crippen molar-refractivity contribution < 1.29 is 28.6 Å². The second-order valence-electron chi connectivity index (χ2n) is 8.28. The highest BCUT2D eigenvalue weighted by Gasteiger charge is 2.45. The number of aliphatic hydroxyl groups excluding tert-OH is 1. The summed E-state index contributed by atoms with van der Waals surface area (Å²) in [7, 11) is 3.06. The van der Waals surface area contributed by atoms with Crippen LogP contribution in [0.25, 0.3) is 11.0 Å². The zero-order chi connectivity index (χ0) is 25.1. The van der Waals surface area contributed by atoms with Gasteiger partial charge >= 0.3 is 0 Å². The number of likely N-dealkylation sites (N-methyl/N-ethyl adjacent to an activating group) is 1. The number of benzene rings is 2. The van der Waals surface area contributed by atoms with Crippen molar-refractivity contribution in [1.82, 2.24) is 9.80 Å². The molecular weight excluding hydrogens is 448 g/mol. The van der Waals surface area contributed by atoms with Crippen molar-refractivity contribution in [2.24, 2.45) is 0 Å². The molecule has 0 saturated carbocycles. The lowest BCUT2D eigenvalue weighted by atomic mass is 9.94. The Kier molecular flexibility index (Phi) is 7.12. The molecule has 1 aliphatic heterocycles. The Bertz CT molecular complexity index is 1240. The van der Waals surface area contributed by atoms with E-state index in [9.17, 15) is 14.7 Å². The van der Waals surface area contributed by atoms with Crippen LogP contribution in [-0.4, -0.2) is 67.0 Å². The summed E-state index contributed by atoms with van der Waals surface area (Å²) >= 11 is 0. The van der Waals surface area contributed by atoms with Crippen LogP contribution in [0, 0.1) is 0 Å². The number of nitrogens with zero attached hydrogens (tertiary/aromatic N) is 2. The lowest BCUT2D eigenvalue weighted by Gasteiger charge is -2.30. The number of amides is 1. The third kappa shape index (κ3) is 4.49. The molecule has 1 atom stereocenters. The summed E-state index contributed by atoms with van der Waals surface area (Å²) < 4.78 is 16.8. The molecule has 4 rings (SSSR count). The predicted octanol–water partition coefficient (Wildman–Crippen LogP) is 4.37. The zero-order valence-electron chi connectivity index (χ0n) is 20.4. The number of carbonyl (C=O) groups excluding carboxylic acids is 2. The van der Waals surface area contributed by atoms with E-state index in [1.165, 1.54) is 19.1 Å². The molecule has 35 heavy (non-hydrogen) atoms. The molecule has 3 aromatic rings. The van der Waals surface area contributed by atoms with Crippen molar-refractivity contribution in [3.63, 3.8) is 0 Å². The lowest BCUT2D eigenvalue weighted by Crippen LogP contribution is -2.38. The first-order chi connectivity index (χ1) is 16.9. The van der Waals surface area contributed by atoms with E-state index in [0.29, 0.717) is 35.7 Å². The molecule has 0 aliphatic carbocycles. The normalized spacial score (nSPS) is 16.0. The fraction of sp³-hybridized carbons (Fsp3) is 0.333. The molecule has 184 valence electrons. The molecule has 1 aliphatic rings. The SMILES string of the molecule is CCN(CC)CCN1C(=O)C(O)=C(C(=O)c2cc3ccccc3o2)[C@@H]1c1cc(OC)ccc1OC. The summed E-state index contributed by atoms with van der Waals surface area (Å²) in [6, 6.07) is 13.2. The quantitative estimate of drug-likeness (QED) is 0.433. The molecule has 1 N–H and O–H groups in total. The Morgan fingerprint density at radius 3 is 2.49 bits per heavy atom. The van der Waals surface area contributed by atoms with Gasteiger partial charge in [-0.15, -0.1) is 0 Å². The summed E-state index contributed by atoms with van der Waals surface area (Å²) in [5, 5.41) is 11.7. The Labute approximate surface area is 204 Å². The van der Waals surface area contributed by atoms with E-state index in [1.807, 2.05) is 32.0 Å². The Morgan fingerprint density at radius 1 is 1.09 bits per heavy atom. The van der Waals surface area contributed by atoms with Crippen molar-refractivity contribution in [3.05, 3.63) is 71.2 Å². The van der Waals surface area contributed by atoms with Crippen molar-refractivity contribution in [1.29, 1.82) is 0 Å². The largest absolute Gasteiger partial charge is 0.503 e. The number of hydrogen-bond acceptors (Lipinski definition) is 7. The maximum atomic E-state index is 13.7. The molecule has 0 spiro atoms. The van der Waals surface area contributed by atoms with Gasteiger partial charge in [-0.3, -0.25) is 9.59 Å². The molecule has 0 bridgehead atoms. The van der Waals surface area contributed by atoms with Gasteiger partial charge in [0.05, 0.1) is 25.8 Å². The summed E-state index contributed by atoms with van der Waals surface area (Å²) in [5.41, 5.74) is 1.05. The molecule has 8 nitrogen and oxygen atoms in total. The average Bonchev–Trinajstić information content (AvgIpc) is 3.43. The van der Waals surface area contributed by atoms with Gasteiger partial charge in [0, 0.05) is 24.0 Å². The predicted molar refractivity (Wildman–Crippen MR) is 132 cm³/mol. The minimum atomic E-state index is -0.871. The average molecular weight is 479 g/mol. The Morgan fingerprint density at radius 2 is 1.83 bits per heavy atom. The van der Waals surface area contributed by atoms with Crippen LogP contribution in [0.1, 0.15) is 36.0 Å². The van der Waals surface area contributed by atoms with Gasteiger partial charge < -0.3 is 28.8 Å². The van der Waals surface area contributed by atoms with Crippen LogP contribution in [0.4, 0.5) is 0 Å². The number of aliphatic hydroxyl groups is 1. The van der Waals surface area contributed by atoms with Crippen LogP contribution in [0.3, 0.4) is 0 Å². The molecule has 1 amide bonds. The number of ether oxygens (including phenoxy) is 2. The topological polar surface area (TPSA) is 92.5 Å². The first-order valence-corrected chi connectivity index (χ1v) is 11.6. The van der Waals surface area contributed by atoms with Gasteiger partial charge in [-0.25, -0.2) is 0 Å². The molecule has 1 aromatic heterocycles. The van der Waals surface area contributed by atoms with Crippen LogP contribution < -0.4 is 9.47 Å². The Balaban J connectivity index is 1.82. The molecule has 0 saturated heterocycles. The van der Waals surface area contributed by atoms with Gasteiger partial charge in [0.15, 0.2) is 11.5 Å². The molecule has 2 aromatic carbocycles. The van der Waals surface area contributed by atoms with Crippen LogP contribution in [0.15, 0.2) is 64.3 Å². The number of rotatable bonds is 10. The van der Waals surface area contributed by atoms with Crippen molar-refractivity contribution in [3.8, 4) is 11.5 Å². The second kappa shape index (κ2) is 10.2. The third-order valence-electron chi connectivity index (χ3n) is 6.48. The highest BCUT2D eigenvalue weighted by atomic mass is 16.5. The van der Waals surface area contributed by atoms with Crippen LogP contribution in [0.5, 0.6) is 11.5 Å². The molecule has 0 radical (unpaired) electrons. The number of ketones is 1. The number of fused-ring (bicyclic) bond motifs is 1. The fourth-order valence-corrected chi connectivity index (χ4v) is 4.51. The van der Waals surface area contributed by atoms with Crippen LogP contribution in [0.2, 0.25) is 0 Å². The van der Waals surface area contributed by atoms with E-state index in [2.05, 4.69) is 4.90 Å². The number of carbonyl (C=O) groups is 2. The summed E-state index contributed by atoms with van der Waals surface area (Å²) in [6.07, 6.45) is 0. The highest BCUT2D eigenvalue weighted by molar-refractivity contribution is 6.16. The van der Waals surface area contributed by atoms with Gasteiger partial charge in [-0.2, -0.15) is 0 Å². The highest BCUT2D eigenvalue weighted by Crippen LogP contribution is 2.43. The number of Topliss-reactive ketones (excluding diaryl/α,β-unsaturated/α-hetero) is 1. The van der Waals surface area contributed by atoms with E-state index < -0.39 is 23.5 Å². The molecule has 0 unspecified atom stereocenters. The van der Waals surface area contributed by atoms with E-state index in [1.54, 1.807) is 30.3 Å². The summed E-state index contributed by atoms with van der Waals surface area (Å²) in [6.45, 7) is 6.62. The molecule has 8 heteroatoms. The zero-order valence-corrected chi connectivity index (χ0v) is 20.4. The summed E-state index contributed by atoms with van der Waals surface area (Å²) in [4.78, 5) is 30.7. The molecular formula is C27H30N2O6. The first-order valence-electron chi connectivity index (χ1n) is 11.6. The monoisotopic (exact) mass is 478 g/mol. The third-order valence-corrected chi connectivity index (χ3v) is 6.48. The maximum Gasteiger partial charge on any atom is 0.290 e. The van der Waals surface area contributed by atoms with Crippen molar-refractivity contribution in [2.45, 2.75) is 19.9 Å².